The molecule has 0 heterocycles. The van der Waals surface area contributed by atoms with E-state index in [0.717, 1.165) is 5.56 Å². The topological polar surface area (TPSA) is 63.2 Å². The molecular formula is C17H17Cl2NO3S. The number of carbonyl (C=O) groups excluding carboxylic acids is 1. The summed E-state index contributed by atoms with van der Waals surface area (Å²) in [4.78, 5) is 11.8. The fourth-order valence-electron chi connectivity index (χ4n) is 2.10. The lowest BCUT2D eigenvalue weighted by atomic mass is 10.2. The maximum Gasteiger partial charge on any atom is 0.221 e. The van der Waals surface area contributed by atoms with E-state index in [0.29, 0.717) is 15.6 Å². The van der Waals surface area contributed by atoms with Crippen LogP contribution < -0.4 is 5.32 Å². The zero-order chi connectivity index (χ0) is 17.6. The van der Waals surface area contributed by atoms with Crippen LogP contribution in [0.3, 0.4) is 0 Å². The second-order valence-corrected chi connectivity index (χ2v) is 8.30. The standard InChI is InChI=1S/C17H17Cl2NO3S/c18-15-7-3-1-5-13(15)11-20-17(21)9-10-24(22,23)12-14-6-2-4-8-16(14)19/h1-8H,9-12H2,(H,20,21). The lowest BCUT2D eigenvalue weighted by molar-refractivity contribution is -0.120. The summed E-state index contributed by atoms with van der Waals surface area (Å²) in [7, 11) is -3.41. The molecule has 0 saturated carbocycles. The molecule has 1 amide bonds. The molecule has 0 aliphatic carbocycles. The van der Waals surface area contributed by atoms with Crippen LogP contribution in [-0.4, -0.2) is 20.1 Å². The largest absolute Gasteiger partial charge is 0.352 e. The Labute approximate surface area is 151 Å². The van der Waals surface area contributed by atoms with E-state index in [1.165, 1.54) is 0 Å². The minimum absolute atomic E-state index is 0.1000. The molecule has 0 fully saturated rings. The highest BCUT2D eigenvalue weighted by atomic mass is 35.5. The molecule has 0 saturated heterocycles. The average molecular weight is 386 g/mol. The average Bonchev–Trinajstić information content (AvgIpc) is 2.54. The van der Waals surface area contributed by atoms with Crippen molar-refractivity contribution < 1.29 is 13.2 Å². The van der Waals surface area contributed by atoms with Gasteiger partial charge in [-0.05, 0) is 23.3 Å². The van der Waals surface area contributed by atoms with E-state index < -0.39 is 9.84 Å². The van der Waals surface area contributed by atoms with E-state index in [9.17, 15) is 13.2 Å². The normalized spacial score (nSPS) is 11.2. The van der Waals surface area contributed by atoms with Crippen LogP contribution >= 0.6 is 23.2 Å². The van der Waals surface area contributed by atoms with Gasteiger partial charge in [0, 0.05) is 23.0 Å². The maximum absolute atomic E-state index is 12.1. The van der Waals surface area contributed by atoms with Crippen molar-refractivity contribution in [3.63, 3.8) is 0 Å². The molecule has 0 aromatic heterocycles. The third-order valence-electron chi connectivity index (χ3n) is 3.41. The third kappa shape index (κ3) is 5.82. The van der Waals surface area contributed by atoms with E-state index in [4.69, 9.17) is 23.2 Å². The lowest BCUT2D eigenvalue weighted by Gasteiger charge is -2.08. The summed E-state index contributed by atoms with van der Waals surface area (Å²) in [5.74, 6) is -0.741. The number of halogens is 2. The Morgan fingerprint density at radius 3 is 2.04 bits per heavy atom. The second-order valence-electron chi connectivity index (χ2n) is 5.30. The molecule has 2 aromatic carbocycles. The monoisotopic (exact) mass is 385 g/mol. The van der Waals surface area contributed by atoms with Gasteiger partial charge in [0.25, 0.3) is 0 Å². The zero-order valence-electron chi connectivity index (χ0n) is 12.8. The van der Waals surface area contributed by atoms with Crippen LogP contribution in [0.2, 0.25) is 10.0 Å². The molecule has 0 unspecified atom stereocenters. The van der Waals surface area contributed by atoms with Crippen LogP contribution in [-0.2, 0) is 26.9 Å². The highest BCUT2D eigenvalue weighted by molar-refractivity contribution is 7.90. The first-order chi connectivity index (χ1) is 11.4. The summed E-state index contributed by atoms with van der Waals surface area (Å²) in [6.07, 6.45) is -0.1000. The van der Waals surface area contributed by atoms with E-state index in [1.54, 1.807) is 42.5 Å². The Kier molecular flexibility index (Phi) is 6.66. The molecule has 0 spiro atoms. The molecule has 0 aliphatic heterocycles. The minimum Gasteiger partial charge on any atom is -0.352 e. The number of benzene rings is 2. The number of rotatable bonds is 7. The summed E-state index contributed by atoms with van der Waals surface area (Å²) in [5, 5.41) is 3.64. The van der Waals surface area contributed by atoms with Crippen LogP contribution in [0.25, 0.3) is 0 Å². The fraction of sp³-hybridized carbons (Fsp3) is 0.235. The number of hydrogen-bond donors (Lipinski definition) is 1. The Balaban J connectivity index is 1.84. The van der Waals surface area contributed by atoms with Crippen molar-refractivity contribution in [2.24, 2.45) is 0 Å². The van der Waals surface area contributed by atoms with Crippen LogP contribution in [0.1, 0.15) is 17.5 Å². The first-order valence-electron chi connectivity index (χ1n) is 7.31. The van der Waals surface area contributed by atoms with Gasteiger partial charge in [-0.3, -0.25) is 4.79 Å². The quantitative estimate of drug-likeness (QED) is 0.791. The molecule has 1 N–H and O–H groups in total. The predicted octanol–water partition coefficient (Wildman–Crippen LogP) is 3.61. The molecule has 2 aromatic rings. The van der Waals surface area contributed by atoms with Crippen molar-refractivity contribution in [1.29, 1.82) is 0 Å². The van der Waals surface area contributed by atoms with Gasteiger partial charge in [0.2, 0.25) is 5.91 Å². The van der Waals surface area contributed by atoms with Gasteiger partial charge in [-0.2, -0.15) is 0 Å². The summed E-state index contributed by atoms with van der Waals surface area (Å²) in [5.41, 5.74) is 1.32. The molecule has 4 nitrogen and oxygen atoms in total. The molecule has 7 heteroatoms. The SMILES string of the molecule is O=C(CCS(=O)(=O)Cc1ccccc1Cl)NCc1ccccc1Cl. The van der Waals surface area contributed by atoms with Crippen molar-refractivity contribution in [1.82, 2.24) is 5.32 Å². The van der Waals surface area contributed by atoms with Crippen LogP contribution in [0.15, 0.2) is 48.5 Å². The maximum atomic E-state index is 12.1. The molecule has 0 bridgehead atoms. The summed E-state index contributed by atoms with van der Waals surface area (Å²) in [6, 6.07) is 13.9. The second kappa shape index (κ2) is 8.51. The summed E-state index contributed by atoms with van der Waals surface area (Å²) >= 11 is 12.0. The van der Waals surface area contributed by atoms with Gasteiger partial charge >= 0.3 is 0 Å². The number of sulfone groups is 1. The van der Waals surface area contributed by atoms with Crippen molar-refractivity contribution in [2.45, 2.75) is 18.7 Å². The van der Waals surface area contributed by atoms with Crippen molar-refractivity contribution in [2.75, 3.05) is 5.75 Å². The Hall–Kier alpha value is -1.56. The molecule has 24 heavy (non-hydrogen) atoms. The highest BCUT2D eigenvalue weighted by Gasteiger charge is 2.16. The zero-order valence-corrected chi connectivity index (χ0v) is 15.2. The van der Waals surface area contributed by atoms with Gasteiger partial charge in [0.15, 0.2) is 9.84 Å². The first-order valence-corrected chi connectivity index (χ1v) is 9.89. The fourth-order valence-corrected chi connectivity index (χ4v) is 3.95. The van der Waals surface area contributed by atoms with Gasteiger partial charge in [0.1, 0.15) is 0 Å². The van der Waals surface area contributed by atoms with Crippen molar-refractivity contribution >= 4 is 38.9 Å². The van der Waals surface area contributed by atoms with Gasteiger partial charge in [-0.15, -0.1) is 0 Å². The summed E-state index contributed by atoms with van der Waals surface area (Å²) < 4.78 is 24.3. The van der Waals surface area contributed by atoms with Crippen LogP contribution in [0.4, 0.5) is 0 Å². The highest BCUT2D eigenvalue weighted by Crippen LogP contribution is 2.18. The van der Waals surface area contributed by atoms with Gasteiger partial charge in [-0.25, -0.2) is 8.42 Å². The number of hydrogen-bond acceptors (Lipinski definition) is 3. The minimum atomic E-state index is -3.41. The van der Waals surface area contributed by atoms with Gasteiger partial charge in [-0.1, -0.05) is 59.6 Å². The smallest absolute Gasteiger partial charge is 0.221 e. The van der Waals surface area contributed by atoms with Crippen molar-refractivity contribution in [3.8, 4) is 0 Å². The molecule has 128 valence electrons. The molecule has 0 radical (unpaired) electrons. The van der Waals surface area contributed by atoms with E-state index in [1.807, 2.05) is 6.07 Å². The summed E-state index contributed by atoms with van der Waals surface area (Å²) in [6.45, 7) is 0.267. The van der Waals surface area contributed by atoms with Crippen LogP contribution in [0, 0.1) is 0 Å². The lowest BCUT2D eigenvalue weighted by Crippen LogP contribution is -2.25. The van der Waals surface area contributed by atoms with Gasteiger partial charge in [0.05, 0.1) is 11.5 Å². The Morgan fingerprint density at radius 1 is 0.917 bits per heavy atom. The van der Waals surface area contributed by atoms with Crippen LogP contribution in [0.5, 0.6) is 0 Å². The molecule has 2 rings (SSSR count). The van der Waals surface area contributed by atoms with E-state index in [2.05, 4.69) is 5.32 Å². The number of nitrogens with one attached hydrogen (secondary N) is 1. The van der Waals surface area contributed by atoms with E-state index >= 15 is 0 Å². The molecular weight excluding hydrogens is 369 g/mol. The number of carbonyl (C=O) groups is 1. The number of amides is 1. The van der Waals surface area contributed by atoms with E-state index in [-0.39, 0.29) is 30.4 Å². The predicted molar refractivity (Wildman–Crippen MR) is 96.9 cm³/mol. The van der Waals surface area contributed by atoms with Crippen molar-refractivity contribution in [3.05, 3.63) is 69.7 Å². The molecule has 0 aliphatic rings. The molecule has 0 atom stereocenters. The van der Waals surface area contributed by atoms with Gasteiger partial charge < -0.3 is 5.32 Å². The Bertz CT molecular complexity index is 822. The third-order valence-corrected chi connectivity index (χ3v) is 5.72. The first kappa shape index (κ1) is 18.8. The Morgan fingerprint density at radius 2 is 1.46 bits per heavy atom.